The Labute approximate surface area is 188 Å². The van der Waals surface area contributed by atoms with E-state index in [1.54, 1.807) is 6.21 Å². The molecular weight excluding hydrogens is 422 g/mol. The van der Waals surface area contributed by atoms with Crippen LogP contribution in [0.4, 0.5) is 0 Å². The lowest BCUT2D eigenvalue weighted by Crippen LogP contribution is -2.19. The quantitative estimate of drug-likeness (QED) is 0.379. The van der Waals surface area contributed by atoms with E-state index in [9.17, 15) is 4.79 Å². The fourth-order valence-electron chi connectivity index (χ4n) is 3.40. The Balaban J connectivity index is 1.56. The predicted octanol–water partition coefficient (Wildman–Crippen LogP) is 3.59. The SMILES string of the molecule is Cc1c(-c2nn(-c3ccccc3)cc2/C=N/N=C2/NC(=O)CS2)cnn1-c1ccccc1. The highest BCUT2D eigenvalue weighted by Crippen LogP contribution is 2.27. The zero-order valence-electron chi connectivity index (χ0n) is 17.2. The van der Waals surface area contributed by atoms with Gasteiger partial charge in [-0.3, -0.25) is 4.79 Å². The van der Waals surface area contributed by atoms with Gasteiger partial charge in [-0.2, -0.15) is 15.3 Å². The van der Waals surface area contributed by atoms with E-state index in [2.05, 4.69) is 20.6 Å². The summed E-state index contributed by atoms with van der Waals surface area (Å²) in [5.41, 5.74) is 5.33. The van der Waals surface area contributed by atoms with Crippen LogP contribution < -0.4 is 5.32 Å². The van der Waals surface area contributed by atoms with Gasteiger partial charge in [0, 0.05) is 17.3 Å². The Kier molecular flexibility index (Phi) is 5.39. The highest BCUT2D eigenvalue weighted by molar-refractivity contribution is 8.15. The minimum absolute atomic E-state index is 0.0644. The standard InChI is InChI=1S/C23H19N7OS/c1-16-20(13-25-30(16)19-10-6-3-7-11-19)22-17(12-24-27-23-26-21(31)15-32-23)14-29(28-22)18-8-4-2-5-9-18/h2-14H,15H2,1H3,(H,26,27,31)/b24-12+. The molecule has 0 aliphatic carbocycles. The molecule has 5 rings (SSSR count). The third-order valence-electron chi connectivity index (χ3n) is 4.96. The Hall–Kier alpha value is -3.98. The summed E-state index contributed by atoms with van der Waals surface area (Å²) in [6.07, 6.45) is 5.38. The molecule has 8 nitrogen and oxygen atoms in total. The van der Waals surface area contributed by atoms with Gasteiger partial charge in [-0.1, -0.05) is 48.2 Å². The van der Waals surface area contributed by atoms with E-state index in [0.29, 0.717) is 10.9 Å². The molecule has 3 heterocycles. The first kappa shape index (κ1) is 20.0. The van der Waals surface area contributed by atoms with Crippen molar-refractivity contribution in [2.24, 2.45) is 10.2 Å². The second-order valence-corrected chi connectivity index (χ2v) is 8.05. The van der Waals surface area contributed by atoms with Crippen molar-refractivity contribution in [2.75, 3.05) is 5.75 Å². The van der Waals surface area contributed by atoms with Crippen molar-refractivity contribution in [3.05, 3.63) is 84.3 Å². The van der Waals surface area contributed by atoms with Crippen molar-refractivity contribution >= 4 is 29.1 Å². The van der Waals surface area contributed by atoms with Crippen molar-refractivity contribution in [3.63, 3.8) is 0 Å². The molecule has 0 saturated carbocycles. The maximum absolute atomic E-state index is 11.4. The highest BCUT2D eigenvalue weighted by Gasteiger charge is 2.18. The topological polar surface area (TPSA) is 89.5 Å². The summed E-state index contributed by atoms with van der Waals surface area (Å²) in [6, 6.07) is 19.8. The molecule has 9 heteroatoms. The lowest BCUT2D eigenvalue weighted by atomic mass is 10.1. The molecule has 1 fully saturated rings. The van der Waals surface area contributed by atoms with Crippen LogP contribution in [-0.4, -0.2) is 42.6 Å². The Bertz CT molecular complexity index is 1320. The number of amides is 1. The zero-order valence-corrected chi connectivity index (χ0v) is 18.0. The molecule has 1 aliphatic heterocycles. The van der Waals surface area contributed by atoms with Crippen LogP contribution in [0, 0.1) is 6.92 Å². The van der Waals surface area contributed by atoms with E-state index in [0.717, 1.165) is 33.9 Å². The fraction of sp³-hybridized carbons (Fsp3) is 0.0870. The van der Waals surface area contributed by atoms with Gasteiger partial charge in [-0.05, 0) is 31.2 Å². The average molecular weight is 442 g/mol. The van der Waals surface area contributed by atoms with Crippen molar-refractivity contribution in [2.45, 2.75) is 6.92 Å². The zero-order chi connectivity index (χ0) is 21.9. The van der Waals surface area contributed by atoms with Crippen molar-refractivity contribution in [1.82, 2.24) is 24.9 Å². The maximum atomic E-state index is 11.4. The normalized spacial score (nSPS) is 15.0. The van der Waals surface area contributed by atoms with Crippen LogP contribution >= 0.6 is 11.8 Å². The van der Waals surface area contributed by atoms with Gasteiger partial charge in [0.15, 0.2) is 5.17 Å². The average Bonchev–Trinajstić information content (AvgIpc) is 3.53. The van der Waals surface area contributed by atoms with E-state index >= 15 is 0 Å². The van der Waals surface area contributed by atoms with Gasteiger partial charge in [-0.25, -0.2) is 9.36 Å². The summed E-state index contributed by atoms with van der Waals surface area (Å²) >= 11 is 1.33. The third-order valence-corrected chi connectivity index (χ3v) is 5.82. The molecule has 0 atom stereocenters. The van der Waals surface area contributed by atoms with Gasteiger partial charge >= 0.3 is 0 Å². The van der Waals surface area contributed by atoms with Crippen LogP contribution in [0.25, 0.3) is 22.6 Å². The summed E-state index contributed by atoms with van der Waals surface area (Å²) in [5, 5.41) is 20.9. The number of carbonyl (C=O) groups is 1. The van der Waals surface area contributed by atoms with Crippen LogP contribution in [0.3, 0.4) is 0 Å². The molecule has 4 aromatic rings. The fourth-order valence-corrected chi connectivity index (χ4v) is 4.03. The smallest absolute Gasteiger partial charge is 0.236 e. The second kappa shape index (κ2) is 8.64. The van der Waals surface area contributed by atoms with Crippen molar-refractivity contribution < 1.29 is 4.79 Å². The number of nitrogens with zero attached hydrogens (tertiary/aromatic N) is 6. The molecule has 0 bridgehead atoms. The number of nitrogens with one attached hydrogen (secondary N) is 1. The van der Waals surface area contributed by atoms with Gasteiger partial charge in [0.2, 0.25) is 5.91 Å². The summed E-state index contributed by atoms with van der Waals surface area (Å²) in [7, 11) is 0. The number of para-hydroxylation sites is 2. The summed E-state index contributed by atoms with van der Waals surface area (Å²) < 4.78 is 3.71. The number of carbonyl (C=O) groups excluding carboxylic acids is 1. The first-order valence-electron chi connectivity index (χ1n) is 9.98. The molecule has 0 spiro atoms. The molecule has 1 amide bonds. The third kappa shape index (κ3) is 3.97. The van der Waals surface area contributed by atoms with E-state index in [4.69, 9.17) is 5.10 Å². The molecule has 2 aromatic heterocycles. The van der Waals surface area contributed by atoms with Gasteiger partial charge < -0.3 is 5.32 Å². The number of rotatable bonds is 5. The number of hydrogen-bond acceptors (Lipinski definition) is 6. The molecule has 32 heavy (non-hydrogen) atoms. The Morgan fingerprint density at radius 3 is 2.47 bits per heavy atom. The predicted molar refractivity (Wildman–Crippen MR) is 126 cm³/mol. The molecular formula is C23H19N7OS. The second-order valence-electron chi connectivity index (χ2n) is 7.09. The number of thioether (sulfide) groups is 1. The summed E-state index contributed by atoms with van der Waals surface area (Å²) in [5.74, 6) is 0.300. The van der Waals surface area contributed by atoms with Crippen LogP contribution in [-0.2, 0) is 4.79 Å². The minimum atomic E-state index is -0.0644. The first-order chi connectivity index (χ1) is 15.7. The van der Waals surface area contributed by atoms with Gasteiger partial charge in [0.05, 0.1) is 35.2 Å². The number of benzene rings is 2. The highest BCUT2D eigenvalue weighted by atomic mass is 32.2. The minimum Gasteiger partial charge on any atom is -0.303 e. The van der Waals surface area contributed by atoms with Crippen LogP contribution in [0.2, 0.25) is 0 Å². The van der Waals surface area contributed by atoms with Crippen molar-refractivity contribution in [1.29, 1.82) is 0 Å². The van der Waals surface area contributed by atoms with Crippen LogP contribution in [0.5, 0.6) is 0 Å². The Morgan fingerprint density at radius 2 is 1.78 bits per heavy atom. The first-order valence-corrected chi connectivity index (χ1v) is 11.0. The molecule has 2 aromatic carbocycles. The van der Waals surface area contributed by atoms with E-state index in [1.165, 1.54) is 11.8 Å². The molecule has 1 N–H and O–H groups in total. The molecule has 0 radical (unpaired) electrons. The largest absolute Gasteiger partial charge is 0.303 e. The molecule has 158 valence electrons. The summed E-state index contributed by atoms with van der Waals surface area (Å²) in [4.78, 5) is 11.4. The van der Waals surface area contributed by atoms with Crippen LogP contribution in [0.15, 0.2) is 83.3 Å². The van der Waals surface area contributed by atoms with Gasteiger partial charge in [0.25, 0.3) is 0 Å². The summed E-state index contributed by atoms with van der Waals surface area (Å²) in [6.45, 7) is 2.02. The van der Waals surface area contributed by atoms with Gasteiger partial charge in [-0.15, -0.1) is 5.10 Å². The molecule has 1 aliphatic rings. The van der Waals surface area contributed by atoms with E-state index in [1.807, 2.05) is 89.3 Å². The lowest BCUT2D eigenvalue weighted by molar-refractivity contribution is -0.116. The number of aromatic nitrogens is 4. The molecule has 1 saturated heterocycles. The van der Waals surface area contributed by atoms with Crippen molar-refractivity contribution in [3.8, 4) is 22.6 Å². The van der Waals surface area contributed by atoms with E-state index in [-0.39, 0.29) is 5.91 Å². The lowest BCUT2D eigenvalue weighted by Gasteiger charge is -2.04. The monoisotopic (exact) mass is 441 g/mol. The Morgan fingerprint density at radius 1 is 1.06 bits per heavy atom. The van der Waals surface area contributed by atoms with Crippen LogP contribution in [0.1, 0.15) is 11.3 Å². The number of hydrogen-bond donors (Lipinski definition) is 1. The maximum Gasteiger partial charge on any atom is 0.236 e. The van der Waals surface area contributed by atoms with E-state index < -0.39 is 0 Å². The van der Waals surface area contributed by atoms with Gasteiger partial charge in [0.1, 0.15) is 5.69 Å². The molecule has 0 unspecified atom stereocenters. The number of amidine groups is 1.